The molecule has 7 heteroatoms. The Balaban J connectivity index is 1.44. The maximum atomic E-state index is 13.0. The number of benzene rings is 2. The molecular weight excluding hydrogens is 386 g/mol. The van der Waals surface area contributed by atoms with Crippen molar-refractivity contribution in [3.8, 4) is 17.2 Å². The number of anilines is 1. The minimum Gasteiger partial charge on any atom is -0.494 e. The second-order valence-electron chi connectivity index (χ2n) is 6.81. The SMILES string of the molecule is CCOc1ccc(-c2nnc(S[C@@H](C)C(=O)N3CCCc4ccccc43)o2)cc1. The Morgan fingerprint density at radius 1 is 1.21 bits per heavy atom. The van der Waals surface area contributed by atoms with Gasteiger partial charge >= 0.3 is 0 Å². The molecule has 6 nitrogen and oxygen atoms in total. The van der Waals surface area contributed by atoms with Crippen LogP contribution in [0.3, 0.4) is 0 Å². The molecule has 150 valence electrons. The Bertz CT molecular complexity index is 987. The van der Waals surface area contributed by atoms with Gasteiger partial charge in [-0.3, -0.25) is 4.79 Å². The van der Waals surface area contributed by atoms with Gasteiger partial charge in [0.15, 0.2) is 0 Å². The molecule has 1 aromatic heterocycles. The molecule has 1 aliphatic rings. The Morgan fingerprint density at radius 3 is 2.79 bits per heavy atom. The van der Waals surface area contributed by atoms with Crippen molar-refractivity contribution in [1.82, 2.24) is 10.2 Å². The van der Waals surface area contributed by atoms with Gasteiger partial charge in [0.25, 0.3) is 5.22 Å². The van der Waals surface area contributed by atoms with Crippen molar-refractivity contribution in [1.29, 1.82) is 0 Å². The highest BCUT2D eigenvalue weighted by Crippen LogP contribution is 2.31. The molecule has 4 rings (SSSR count). The van der Waals surface area contributed by atoms with Crippen molar-refractivity contribution < 1.29 is 13.9 Å². The predicted molar refractivity (Wildman–Crippen MR) is 113 cm³/mol. The highest BCUT2D eigenvalue weighted by atomic mass is 32.2. The number of hydrogen-bond acceptors (Lipinski definition) is 6. The summed E-state index contributed by atoms with van der Waals surface area (Å²) >= 11 is 1.29. The maximum absolute atomic E-state index is 13.0. The quantitative estimate of drug-likeness (QED) is 0.555. The molecule has 0 fully saturated rings. The van der Waals surface area contributed by atoms with Crippen LogP contribution in [0, 0.1) is 0 Å². The van der Waals surface area contributed by atoms with Crippen LogP contribution in [-0.4, -0.2) is 34.5 Å². The van der Waals surface area contributed by atoms with Gasteiger partial charge in [-0.05, 0) is 62.6 Å². The highest BCUT2D eigenvalue weighted by Gasteiger charge is 2.28. The van der Waals surface area contributed by atoms with E-state index in [0.717, 1.165) is 36.4 Å². The summed E-state index contributed by atoms with van der Waals surface area (Å²) in [5, 5.41) is 8.29. The Hall–Kier alpha value is -2.80. The van der Waals surface area contributed by atoms with Crippen LogP contribution in [-0.2, 0) is 11.2 Å². The van der Waals surface area contributed by atoms with Crippen molar-refractivity contribution in [2.75, 3.05) is 18.1 Å². The number of nitrogens with zero attached hydrogens (tertiary/aromatic N) is 3. The first kappa shape index (κ1) is 19.5. The zero-order valence-corrected chi connectivity index (χ0v) is 17.3. The summed E-state index contributed by atoms with van der Waals surface area (Å²) in [4.78, 5) is 14.9. The fraction of sp³-hybridized carbons (Fsp3) is 0.318. The van der Waals surface area contributed by atoms with Crippen molar-refractivity contribution in [3.63, 3.8) is 0 Å². The topological polar surface area (TPSA) is 68.5 Å². The predicted octanol–water partition coefficient (Wildman–Crippen LogP) is 4.60. The molecular formula is C22H23N3O3S. The van der Waals surface area contributed by atoms with Crippen LogP contribution >= 0.6 is 11.8 Å². The minimum atomic E-state index is -0.324. The van der Waals surface area contributed by atoms with Crippen LogP contribution in [0.4, 0.5) is 5.69 Å². The van der Waals surface area contributed by atoms with Gasteiger partial charge in [-0.15, -0.1) is 10.2 Å². The highest BCUT2D eigenvalue weighted by molar-refractivity contribution is 8.00. The van der Waals surface area contributed by atoms with Crippen LogP contribution in [0.5, 0.6) is 5.75 Å². The fourth-order valence-corrected chi connectivity index (χ4v) is 4.16. The lowest BCUT2D eigenvalue weighted by Gasteiger charge is -2.31. The molecule has 0 saturated heterocycles. The lowest BCUT2D eigenvalue weighted by molar-refractivity contribution is -0.117. The summed E-state index contributed by atoms with van der Waals surface area (Å²) in [6.45, 7) is 5.18. The van der Waals surface area contributed by atoms with E-state index in [4.69, 9.17) is 9.15 Å². The molecule has 1 amide bonds. The van der Waals surface area contributed by atoms with Crippen LogP contribution < -0.4 is 9.64 Å². The second kappa shape index (κ2) is 8.69. The summed E-state index contributed by atoms with van der Waals surface area (Å²) in [5.41, 5.74) is 3.05. The van der Waals surface area contributed by atoms with E-state index in [1.165, 1.54) is 17.3 Å². The lowest BCUT2D eigenvalue weighted by atomic mass is 10.0. The van der Waals surface area contributed by atoms with Crippen LogP contribution in [0.2, 0.25) is 0 Å². The largest absolute Gasteiger partial charge is 0.494 e. The molecule has 0 aliphatic carbocycles. The lowest BCUT2D eigenvalue weighted by Crippen LogP contribution is -2.40. The maximum Gasteiger partial charge on any atom is 0.277 e. The number of amides is 1. The third kappa shape index (κ3) is 4.29. The Labute approximate surface area is 174 Å². The number of ether oxygens (including phenoxy) is 1. The molecule has 3 aromatic rings. The summed E-state index contributed by atoms with van der Waals surface area (Å²) in [5.74, 6) is 1.29. The fourth-order valence-electron chi connectivity index (χ4n) is 3.42. The molecule has 0 bridgehead atoms. The summed E-state index contributed by atoms with van der Waals surface area (Å²) in [6.07, 6.45) is 1.99. The van der Waals surface area contributed by atoms with Crippen molar-refractivity contribution in [2.24, 2.45) is 0 Å². The molecule has 29 heavy (non-hydrogen) atoms. The van der Waals surface area contributed by atoms with Gasteiger partial charge in [0.05, 0.1) is 11.9 Å². The average Bonchev–Trinajstić information content (AvgIpc) is 3.22. The monoisotopic (exact) mass is 409 g/mol. The van der Waals surface area contributed by atoms with Gasteiger partial charge in [0, 0.05) is 17.8 Å². The molecule has 0 radical (unpaired) electrons. The number of carbonyl (C=O) groups is 1. The minimum absolute atomic E-state index is 0.0583. The molecule has 1 aliphatic heterocycles. The smallest absolute Gasteiger partial charge is 0.277 e. The summed E-state index contributed by atoms with van der Waals surface area (Å²) in [7, 11) is 0. The number of carbonyl (C=O) groups excluding carboxylic acids is 1. The van der Waals surface area contributed by atoms with Gasteiger partial charge in [-0.2, -0.15) is 0 Å². The number of hydrogen-bond donors (Lipinski definition) is 0. The zero-order chi connectivity index (χ0) is 20.2. The van der Waals surface area contributed by atoms with Gasteiger partial charge in [0.1, 0.15) is 5.75 Å². The first-order valence-electron chi connectivity index (χ1n) is 9.78. The number of thioether (sulfide) groups is 1. The molecule has 1 atom stereocenters. The van der Waals surface area contributed by atoms with Crippen LogP contribution in [0.1, 0.15) is 25.8 Å². The van der Waals surface area contributed by atoms with E-state index in [0.29, 0.717) is 17.7 Å². The molecule has 0 unspecified atom stereocenters. The first-order chi connectivity index (χ1) is 14.2. The molecule has 2 heterocycles. The molecule has 0 spiro atoms. The first-order valence-corrected chi connectivity index (χ1v) is 10.7. The van der Waals surface area contributed by atoms with Gasteiger partial charge in [-0.25, -0.2) is 0 Å². The molecule has 0 N–H and O–H groups in total. The number of aromatic nitrogens is 2. The van der Waals surface area contributed by atoms with Gasteiger partial charge in [-0.1, -0.05) is 30.0 Å². The standard InChI is InChI=1S/C22H23N3O3S/c1-3-27-18-12-10-17(11-13-18)20-23-24-22(28-20)29-15(2)21(26)25-14-6-8-16-7-4-5-9-19(16)25/h4-5,7,9-13,15H,3,6,8,14H2,1-2H3/t15-/m0/s1. The number of fused-ring (bicyclic) bond motifs is 1. The number of rotatable bonds is 6. The Morgan fingerprint density at radius 2 is 2.00 bits per heavy atom. The van der Waals surface area contributed by atoms with E-state index in [2.05, 4.69) is 16.3 Å². The number of aryl methyl sites for hydroxylation is 1. The second-order valence-corrected chi connectivity index (χ2v) is 8.10. The third-order valence-corrected chi connectivity index (χ3v) is 5.74. The summed E-state index contributed by atoms with van der Waals surface area (Å²) in [6, 6.07) is 15.6. The van der Waals surface area contributed by atoms with E-state index in [1.54, 1.807) is 0 Å². The van der Waals surface area contributed by atoms with E-state index in [1.807, 2.05) is 61.2 Å². The molecule has 2 aromatic carbocycles. The van der Waals surface area contributed by atoms with Crippen molar-refractivity contribution >= 4 is 23.4 Å². The summed E-state index contributed by atoms with van der Waals surface area (Å²) < 4.78 is 11.2. The third-order valence-electron chi connectivity index (χ3n) is 4.82. The van der Waals surface area contributed by atoms with Crippen molar-refractivity contribution in [3.05, 3.63) is 54.1 Å². The van der Waals surface area contributed by atoms with Gasteiger partial charge in [0.2, 0.25) is 11.8 Å². The van der Waals surface area contributed by atoms with Crippen LogP contribution in [0.15, 0.2) is 58.2 Å². The normalized spacial score (nSPS) is 14.3. The zero-order valence-electron chi connectivity index (χ0n) is 16.5. The van der Waals surface area contributed by atoms with Crippen LogP contribution in [0.25, 0.3) is 11.5 Å². The van der Waals surface area contributed by atoms with E-state index in [-0.39, 0.29) is 11.2 Å². The molecule has 0 saturated carbocycles. The Kier molecular flexibility index (Phi) is 5.85. The van der Waals surface area contributed by atoms with Crippen molar-refractivity contribution in [2.45, 2.75) is 37.2 Å². The number of para-hydroxylation sites is 1. The van der Waals surface area contributed by atoms with E-state index in [9.17, 15) is 4.79 Å². The van der Waals surface area contributed by atoms with E-state index < -0.39 is 0 Å². The van der Waals surface area contributed by atoms with Gasteiger partial charge < -0.3 is 14.1 Å². The average molecular weight is 410 g/mol. The van der Waals surface area contributed by atoms with E-state index >= 15 is 0 Å².